The van der Waals surface area contributed by atoms with E-state index < -0.39 is 24.1 Å². The van der Waals surface area contributed by atoms with Crippen molar-refractivity contribution in [2.45, 2.75) is 96.0 Å². The molecule has 0 bridgehead atoms. The molecule has 15 nitrogen and oxygen atoms in total. The number of benzene rings is 4. The SMILES string of the molecule is COC(=O)NC[C@H](C(=O)N1C(c2nc3c(ccc4cc(-c5ccc(-c6cnc(C7CC8(C[C@H]8OC)CN7C(=O)[C@H](NC(=O)OC)c7ccccc7)[nH]6)c6c5CCC6)ccc43)[nH]2)CC[C@@H]1C)C(C)C. The molecule has 3 unspecified atom stereocenters. The Morgan fingerprint density at radius 2 is 1.60 bits per heavy atom. The van der Waals surface area contributed by atoms with Crippen LogP contribution in [0.4, 0.5) is 9.59 Å². The van der Waals surface area contributed by atoms with E-state index in [4.69, 9.17) is 24.2 Å². The van der Waals surface area contributed by atoms with Crippen LogP contribution in [0.15, 0.2) is 79.0 Å². The summed E-state index contributed by atoms with van der Waals surface area (Å²) in [7, 11) is 4.34. The Bertz CT molecular complexity index is 2910. The van der Waals surface area contributed by atoms with Crippen molar-refractivity contribution < 1.29 is 33.4 Å². The third-order valence-electron chi connectivity index (χ3n) is 15.3. The number of amides is 4. The summed E-state index contributed by atoms with van der Waals surface area (Å²) in [4.78, 5) is 74.4. The number of likely N-dealkylation sites (tertiary alicyclic amines) is 2. The van der Waals surface area contributed by atoms with E-state index in [0.29, 0.717) is 24.4 Å². The molecular formula is C53H60N8O7. The number of carbonyl (C=O) groups is 4. The molecule has 15 heteroatoms. The van der Waals surface area contributed by atoms with Gasteiger partial charge in [-0.1, -0.05) is 74.5 Å². The lowest BCUT2D eigenvalue weighted by Crippen LogP contribution is -2.46. The Balaban J connectivity index is 0.919. The number of aromatic amines is 2. The van der Waals surface area contributed by atoms with E-state index in [1.54, 1.807) is 7.11 Å². The molecule has 7 atom stereocenters. The number of nitrogens with one attached hydrogen (secondary N) is 4. The van der Waals surface area contributed by atoms with Gasteiger partial charge in [0, 0.05) is 42.6 Å². The second-order valence-corrected chi connectivity index (χ2v) is 19.5. The van der Waals surface area contributed by atoms with Crippen LogP contribution < -0.4 is 10.6 Å². The summed E-state index contributed by atoms with van der Waals surface area (Å²) in [6.45, 7) is 6.80. The highest BCUT2D eigenvalue weighted by molar-refractivity contribution is 6.05. The summed E-state index contributed by atoms with van der Waals surface area (Å²) < 4.78 is 15.6. The molecule has 4 aliphatic rings. The van der Waals surface area contributed by atoms with Crippen LogP contribution in [0.25, 0.3) is 44.2 Å². The van der Waals surface area contributed by atoms with Gasteiger partial charge in [0.05, 0.1) is 61.2 Å². The fraction of sp³-hybridized carbons (Fsp3) is 0.434. The number of imidazole rings is 2. The summed E-state index contributed by atoms with van der Waals surface area (Å²) in [5.41, 5.74) is 9.31. The molecule has 1 spiro atoms. The summed E-state index contributed by atoms with van der Waals surface area (Å²) in [5, 5.41) is 7.65. The minimum absolute atomic E-state index is 0.0102. The lowest BCUT2D eigenvalue weighted by Gasteiger charge is -2.32. The third-order valence-corrected chi connectivity index (χ3v) is 15.3. The van der Waals surface area contributed by atoms with Crippen molar-refractivity contribution >= 4 is 45.8 Å². The topological polar surface area (TPSA) is 184 Å². The van der Waals surface area contributed by atoms with Crippen molar-refractivity contribution in [1.29, 1.82) is 0 Å². The third kappa shape index (κ3) is 8.03. The normalized spacial score (nSPS) is 22.8. The fourth-order valence-electron chi connectivity index (χ4n) is 11.5. The second-order valence-electron chi connectivity index (χ2n) is 19.5. The maximum atomic E-state index is 14.6. The number of ether oxygens (including phenoxy) is 3. The molecule has 68 heavy (non-hydrogen) atoms. The molecule has 10 rings (SSSR count). The summed E-state index contributed by atoms with van der Waals surface area (Å²) in [6.07, 6.45) is 6.88. The number of carbonyl (C=O) groups excluding carboxylic acids is 4. The van der Waals surface area contributed by atoms with Crippen molar-refractivity contribution in [3.63, 3.8) is 0 Å². The number of rotatable bonds is 12. The molecule has 6 aromatic rings. The van der Waals surface area contributed by atoms with E-state index in [0.717, 1.165) is 83.0 Å². The quantitative estimate of drug-likeness (QED) is 0.0933. The van der Waals surface area contributed by atoms with E-state index >= 15 is 0 Å². The molecule has 4 aromatic carbocycles. The van der Waals surface area contributed by atoms with Gasteiger partial charge in [0.15, 0.2) is 0 Å². The molecule has 4 N–H and O–H groups in total. The van der Waals surface area contributed by atoms with E-state index in [9.17, 15) is 19.2 Å². The Kier molecular flexibility index (Phi) is 12.0. The van der Waals surface area contributed by atoms with Crippen LogP contribution in [0.2, 0.25) is 0 Å². The molecule has 2 aliphatic heterocycles. The molecule has 4 amide bonds. The zero-order chi connectivity index (χ0) is 47.4. The first-order valence-corrected chi connectivity index (χ1v) is 23.9. The summed E-state index contributed by atoms with van der Waals surface area (Å²) in [5.74, 6) is 0.898. The molecule has 2 saturated heterocycles. The first-order chi connectivity index (χ1) is 32.9. The Hall–Kier alpha value is -6.74. The highest BCUT2D eigenvalue weighted by Gasteiger charge is 2.63. The van der Waals surface area contributed by atoms with E-state index in [-0.39, 0.29) is 53.9 Å². The number of methoxy groups -OCH3 is 3. The predicted octanol–water partition coefficient (Wildman–Crippen LogP) is 8.72. The Morgan fingerprint density at radius 3 is 2.34 bits per heavy atom. The molecule has 1 saturated carbocycles. The van der Waals surface area contributed by atoms with Crippen molar-refractivity contribution in [3.8, 4) is 22.4 Å². The monoisotopic (exact) mass is 920 g/mol. The number of aromatic nitrogens is 4. The molecule has 354 valence electrons. The minimum Gasteiger partial charge on any atom is -0.453 e. The van der Waals surface area contributed by atoms with E-state index in [2.05, 4.69) is 70.0 Å². The van der Waals surface area contributed by atoms with Crippen LogP contribution in [0, 0.1) is 17.3 Å². The fourth-order valence-corrected chi connectivity index (χ4v) is 11.5. The van der Waals surface area contributed by atoms with Crippen LogP contribution in [0.3, 0.4) is 0 Å². The van der Waals surface area contributed by atoms with Gasteiger partial charge in [-0.2, -0.15) is 0 Å². The van der Waals surface area contributed by atoms with Gasteiger partial charge in [0.1, 0.15) is 17.7 Å². The first kappa shape index (κ1) is 45.1. The molecular weight excluding hydrogens is 861 g/mol. The van der Waals surface area contributed by atoms with Gasteiger partial charge in [0.25, 0.3) is 5.91 Å². The highest BCUT2D eigenvalue weighted by Crippen LogP contribution is 2.60. The van der Waals surface area contributed by atoms with Crippen LogP contribution in [-0.2, 0) is 36.6 Å². The van der Waals surface area contributed by atoms with Crippen molar-refractivity contribution in [2.24, 2.45) is 17.3 Å². The smallest absolute Gasteiger partial charge is 0.407 e. The standard InChI is InChI=1S/C53H60N8O7/c1-29(2)39(26-55-51(64)67-5)49(62)61-30(3)15-22-42(61)48-56-40-21-17-33-23-32(16-18-35(33)46(40)58-48)34-19-20-38(37-14-10-13-36(34)37)41-27-54-47(57-41)43-24-53(25-44(53)66-4)28-60(43)50(63)45(59-52(65)68-6)31-11-8-7-9-12-31/h7-9,11-12,16-21,23,27,29-30,39,42-45H,10,13-15,22,24-26,28H2,1-6H3,(H,54,57)(H,55,64)(H,56,58)(H,59,65)/t30-,39-,42?,43?,44+,45+,53?/m0/s1. The lowest BCUT2D eigenvalue weighted by molar-refractivity contribution is -0.139. The van der Waals surface area contributed by atoms with Crippen LogP contribution in [0.1, 0.15) is 99.3 Å². The number of H-pyrrole nitrogens is 2. The largest absolute Gasteiger partial charge is 0.453 e. The van der Waals surface area contributed by atoms with Gasteiger partial charge in [-0.3, -0.25) is 9.59 Å². The molecule has 2 aliphatic carbocycles. The lowest BCUT2D eigenvalue weighted by atomic mass is 9.91. The molecule has 0 radical (unpaired) electrons. The van der Waals surface area contributed by atoms with Gasteiger partial charge in [-0.25, -0.2) is 19.6 Å². The number of nitrogens with zero attached hydrogens (tertiary/aromatic N) is 4. The maximum Gasteiger partial charge on any atom is 0.407 e. The minimum atomic E-state index is -0.930. The maximum absolute atomic E-state index is 14.6. The zero-order valence-electron chi connectivity index (χ0n) is 39.6. The van der Waals surface area contributed by atoms with Crippen molar-refractivity contribution in [3.05, 3.63) is 107 Å². The number of hydrogen-bond acceptors (Lipinski definition) is 9. The van der Waals surface area contributed by atoms with Gasteiger partial charge < -0.3 is 44.6 Å². The van der Waals surface area contributed by atoms with E-state index in [1.807, 2.05) is 60.2 Å². The average molecular weight is 921 g/mol. The number of fused-ring (bicyclic) bond motifs is 4. The van der Waals surface area contributed by atoms with Crippen LogP contribution in [0.5, 0.6) is 0 Å². The number of hydrogen-bond donors (Lipinski definition) is 4. The predicted molar refractivity (Wildman–Crippen MR) is 257 cm³/mol. The van der Waals surface area contributed by atoms with Gasteiger partial charge in [-0.15, -0.1) is 0 Å². The van der Waals surface area contributed by atoms with Gasteiger partial charge in [0.2, 0.25) is 5.91 Å². The van der Waals surface area contributed by atoms with E-state index in [1.165, 1.54) is 30.9 Å². The Morgan fingerprint density at radius 1 is 0.838 bits per heavy atom. The highest BCUT2D eigenvalue weighted by atomic mass is 16.5. The zero-order valence-corrected chi connectivity index (χ0v) is 39.6. The molecule has 4 heterocycles. The molecule has 3 fully saturated rings. The molecule has 2 aromatic heterocycles. The Labute approximate surface area is 395 Å². The van der Waals surface area contributed by atoms with Crippen molar-refractivity contribution in [2.75, 3.05) is 34.4 Å². The van der Waals surface area contributed by atoms with Crippen molar-refractivity contribution in [1.82, 2.24) is 40.4 Å². The summed E-state index contributed by atoms with van der Waals surface area (Å²) in [6, 6.07) is 23.1. The van der Waals surface area contributed by atoms with Crippen LogP contribution in [-0.4, -0.2) is 100 Å². The van der Waals surface area contributed by atoms with Crippen LogP contribution >= 0.6 is 0 Å². The van der Waals surface area contributed by atoms with Gasteiger partial charge >= 0.3 is 12.2 Å². The summed E-state index contributed by atoms with van der Waals surface area (Å²) >= 11 is 0. The first-order valence-electron chi connectivity index (χ1n) is 23.9. The van der Waals surface area contributed by atoms with Gasteiger partial charge in [-0.05, 0) is 103 Å². The second kappa shape index (κ2) is 18.1. The number of alkyl carbamates (subject to hydrolysis) is 2. The average Bonchev–Trinajstić information content (AvgIpc) is 4.06.